The number of halogens is 1. The van der Waals surface area contributed by atoms with Crippen molar-refractivity contribution in [1.82, 2.24) is 4.98 Å². The highest BCUT2D eigenvalue weighted by molar-refractivity contribution is 7.19. The quantitative estimate of drug-likeness (QED) is 0.752. The fourth-order valence-corrected chi connectivity index (χ4v) is 2.97. The van der Waals surface area contributed by atoms with E-state index >= 15 is 0 Å². The number of thiazole rings is 1. The van der Waals surface area contributed by atoms with Gasteiger partial charge in [0.25, 0.3) is 0 Å². The Labute approximate surface area is 131 Å². The summed E-state index contributed by atoms with van der Waals surface area (Å²) in [5.41, 5.74) is 1.83. The molecule has 0 amide bonds. The minimum absolute atomic E-state index is 0.129. The Hall–Kier alpha value is -2.04. The van der Waals surface area contributed by atoms with Crippen LogP contribution in [0.1, 0.15) is 10.6 Å². The topological polar surface area (TPSA) is 42.4 Å². The van der Waals surface area contributed by atoms with Crippen molar-refractivity contribution in [3.05, 3.63) is 52.0 Å². The first-order chi connectivity index (χ1) is 10.2. The molecule has 0 bridgehead atoms. The second kappa shape index (κ2) is 5.76. The van der Waals surface area contributed by atoms with E-state index in [1.54, 1.807) is 23.5 Å². The predicted octanol–water partition coefficient (Wildman–Crippen LogP) is 4.83. The molecule has 0 fully saturated rings. The van der Waals surface area contributed by atoms with Gasteiger partial charge in [-0.2, -0.15) is 0 Å². The Morgan fingerprint density at radius 2 is 2.05 bits per heavy atom. The summed E-state index contributed by atoms with van der Waals surface area (Å²) in [5, 5.41) is 11.2. The van der Waals surface area contributed by atoms with Crippen molar-refractivity contribution >= 4 is 45.3 Å². The highest BCUT2D eigenvalue weighted by Crippen LogP contribution is 2.28. The molecule has 5 heteroatoms. The lowest BCUT2D eigenvalue weighted by Crippen LogP contribution is -1.84. The molecule has 1 N–H and O–H groups in total. The number of phenols is 1. The van der Waals surface area contributed by atoms with Crippen LogP contribution in [0.2, 0.25) is 5.02 Å². The van der Waals surface area contributed by atoms with Gasteiger partial charge in [0.2, 0.25) is 0 Å². The summed E-state index contributed by atoms with van der Waals surface area (Å²) in [4.78, 5) is 4.52. The zero-order chi connectivity index (χ0) is 14.8. The third-order valence-corrected chi connectivity index (χ3v) is 4.23. The number of aromatic nitrogens is 1. The van der Waals surface area contributed by atoms with E-state index in [9.17, 15) is 5.11 Å². The molecular formula is C16H12ClNO2S. The van der Waals surface area contributed by atoms with E-state index in [-0.39, 0.29) is 5.75 Å². The molecule has 0 atom stereocenters. The van der Waals surface area contributed by atoms with E-state index < -0.39 is 0 Å². The Kier molecular flexibility index (Phi) is 3.82. The Bertz CT molecular complexity index is 826. The van der Waals surface area contributed by atoms with E-state index in [2.05, 4.69) is 4.98 Å². The van der Waals surface area contributed by atoms with Crippen LogP contribution in [0.3, 0.4) is 0 Å². The molecule has 0 aliphatic carbocycles. The molecule has 2 aromatic carbocycles. The number of aromatic hydroxyl groups is 1. The van der Waals surface area contributed by atoms with Crippen molar-refractivity contribution in [3.63, 3.8) is 0 Å². The molecule has 106 valence electrons. The predicted molar refractivity (Wildman–Crippen MR) is 88.2 cm³/mol. The maximum atomic E-state index is 9.57. The van der Waals surface area contributed by atoms with E-state index in [4.69, 9.17) is 16.3 Å². The van der Waals surface area contributed by atoms with Gasteiger partial charge in [0.1, 0.15) is 5.01 Å². The summed E-state index contributed by atoms with van der Waals surface area (Å²) in [6.45, 7) is 0. The monoisotopic (exact) mass is 317 g/mol. The maximum absolute atomic E-state index is 9.57. The molecule has 0 unspecified atom stereocenters. The summed E-state index contributed by atoms with van der Waals surface area (Å²) in [5.74, 6) is 0.581. The smallest absolute Gasteiger partial charge is 0.161 e. The molecule has 21 heavy (non-hydrogen) atoms. The Morgan fingerprint density at radius 1 is 1.19 bits per heavy atom. The number of benzene rings is 2. The minimum Gasteiger partial charge on any atom is -0.504 e. The van der Waals surface area contributed by atoms with Crippen molar-refractivity contribution in [3.8, 4) is 11.5 Å². The molecule has 0 aliphatic rings. The van der Waals surface area contributed by atoms with Crippen molar-refractivity contribution in [1.29, 1.82) is 0 Å². The average Bonchev–Trinajstić information content (AvgIpc) is 2.88. The van der Waals surface area contributed by atoms with Crippen LogP contribution in [0.4, 0.5) is 0 Å². The van der Waals surface area contributed by atoms with Gasteiger partial charge in [-0.25, -0.2) is 4.98 Å². The van der Waals surface area contributed by atoms with Crippen LogP contribution >= 0.6 is 22.9 Å². The number of phenolic OH excluding ortho intramolecular Hbond substituents is 1. The molecule has 0 spiro atoms. The lowest BCUT2D eigenvalue weighted by Gasteiger charge is -2.03. The number of rotatable bonds is 3. The van der Waals surface area contributed by atoms with Crippen molar-refractivity contribution < 1.29 is 9.84 Å². The Balaban J connectivity index is 1.90. The van der Waals surface area contributed by atoms with E-state index in [0.29, 0.717) is 10.8 Å². The first kappa shape index (κ1) is 13.9. The van der Waals surface area contributed by atoms with Gasteiger partial charge in [-0.1, -0.05) is 23.7 Å². The second-order valence-corrected chi connectivity index (χ2v) is 5.93. The highest BCUT2D eigenvalue weighted by atomic mass is 35.5. The number of hydrogen-bond acceptors (Lipinski definition) is 4. The summed E-state index contributed by atoms with van der Waals surface area (Å²) in [7, 11) is 1.53. The van der Waals surface area contributed by atoms with Crippen molar-refractivity contribution in [2.75, 3.05) is 7.11 Å². The van der Waals surface area contributed by atoms with Crippen LogP contribution in [0.5, 0.6) is 11.5 Å². The lowest BCUT2D eigenvalue weighted by molar-refractivity contribution is 0.373. The largest absolute Gasteiger partial charge is 0.504 e. The molecule has 1 aromatic heterocycles. The molecule has 3 rings (SSSR count). The van der Waals surface area contributed by atoms with E-state index in [0.717, 1.165) is 20.8 Å². The van der Waals surface area contributed by atoms with Gasteiger partial charge in [-0.15, -0.1) is 11.3 Å². The first-order valence-corrected chi connectivity index (χ1v) is 7.46. The third kappa shape index (κ3) is 3.01. The zero-order valence-electron chi connectivity index (χ0n) is 11.2. The minimum atomic E-state index is 0.129. The summed E-state index contributed by atoms with van der Waals surface area (Å²) in [6.07, 6.45) is 3.87. The third-order valence-electron chi connectivity index (χ3n) is 2.99. The molecule has 0 saturated carbocycles. The van der Waals surface area contributed by atoms with Gasteiger partial charge in [-0.3, -0.25) is 0 Å². The van der Waals surface area contributed by atoms with Crippen LogP contribution in [0, 0.1) is 0 Å². The Morgan fingerprint density at radius 3 is 2.86 bits per heavy atom. The van der Waals surface area contributed by atoms with Crippen LogP contribution in [0.25, 0.3) is 22.4 Å². The van der Waals surface area contributed by atoms with Gasteiger partial charge in [-0.05, 0) is 42.0 Å². The normalized spacial score (nSPS) is 11.3. The second-order valence-electron chi connectivity index (χ2n) is 4.43. The van der Waals surface area contributed by atoms with Crippen molar-refractivity contribution in [2.24, 2.45) is 0 Å². The fourth-order valence-electron chi connectivity index (χ4n) is 1.96. The highest BCUT2D eigenvalue weighted by Gasteiger charge is 2.03. The van der Waals surface area contributed by atoms with Crippen LogP contribution < -0.4 is 4.74 Å². The lowest BCUT2D eigenvalue weighted by atomic mass is 10.2. The van der Waals surface area contributed by atoms with Crippen LogP contribution in [-0.4, -0.2) is 17.2 Å². The summed E-state index contributed by atoms with van der Waals surface area (Å²) < 4.78 is 6.19. The summed E-state index contributed by atoms with van der Waals surface area (Å²) >= 11 is 7.56. The molecule has 0 saturated heterocycles. The van der Waals surface area contributed by atoms with Crippen LogP contribution in [0.15, 0.2) is 36.4 Å². The van der Waals surface area contributed by atoms with Gasteiger partial charge in [0.05, 0.1) is 17.3 Å². The number of fused-ring (bicyclic) bond motifs is 1. The molecular weight excluding hydrogens is 306 g/mol. The van der Waals surface area contributed by atoms with Gasteiger partial charge >= 0.3 is 0 Å². The SMILES string of the molecule is COc1cc(C=Cc2nc3cc(Cl)ccc3s2)ccc1O. The number of hydrogen-bond donors (Lipinski definition) is 1. The van der Waals surface area contributed by atoms with E-state index in [1.807, 2.05) is 36.4 Å². The summed E-state index contributed by atoms with van der Waals surface area (Å²) in [6, 6.07) is 10.9. The van der Waals surface area contributed by atoms with Crippen molar-refractivity contribution in [2.45, 2.75) is 0 Å². The number of methoxy groups -OCH3 is 1. The van der Waals surface area contributed by atoms with Crippen LogP contribution in [-0.2, 0) is 0 Å². The van der Waals surface area contributed by atoms with Gasteiger partial charge in [0.15, 0.2) is 11.5 Å². The van der Waals surface area contributed by atoms with Gasteiger partial charge < -0.3 is 9.84 Å². The van der Waals surface area contributed by atoms with Gasteiger partial charge in [0, 0.05) is 5.02 Å². The zero-order valence-corrected chi connectivity index (χ0v) is 12.8. The standard InChI is InChI=1S/C16H12ClNO2S/c1-20-14-8-10(2-5-13(14)19)3-7-16-18-12-9-11(17)4-6-15(12)21-16/h2-9,19H,1H3. The molecule has 0 radical (unpaired) electrons. The fraction of sp³-hybridized carbons (Fsp3) is 0.0625. The van der Waals surface area contributed by atoms with E-state index in [1.165, 1.54) is 7.11 Å². The number of nitrogens with zero attached hydrogens (tertiary/aromatic N) is 1. The average molecular weight is 318 g/mol. The maximum Gasteiger partial charge on any atom is 0.161 e. The molecule has 0 aliphatic heterocycles. The molecule has 3 aromatic rings. The molecule has 3 nitrogen and oxygen atoms in total. The molecule has 1 heterocycles. The number of ether oxygens (including phenoxy) is 1. The first-order valence-electron chi connectivity index (χ1n) is 6.27.